The molecule has 2 atom stereocenters. The molecule has 1 aromatic rings. The van der Waals surface area contributed by atoms with Crippen LogP contribution in [0.4, 0.5) is 0 Å². The van der Waals surface area contributed by atoms with Gasteiger partial charge < -0.3 is 10.1 Å². The highest BCUT2D eigenvalue weighted by atomic mass is 16.5. The van der Waals surface area contributed by atoms with Crippen LogP contribution < -0.4 is 5.32 Å². The van der Waals surface area contributed by atoms with Crippen molar-refractivity contribution in [2.24, 2.45) is 5.92 Å². The van der Waals surface area contributed by atoms with Crippen LogP contribution in [0.1, 0.15) is 51.2 Å². The zero-order valence-electron chi connectivity index (χ0n) is 14.9. The third kappa shape index (κ3) is 4.81. The molecule has 24 heavy (non-hydrogen) atoms. The minimum Gasteiger partial charge on any atom is -0.368 e. The Hall–Kier alpha value is -1.39. The summed E-state index contributed by atoms with van der Waals surface area (Å²) in [4.78, 5) is 14.6. The molecule has 3 rings (SSSR count). The zero-order valence-corrected chi connectivity index (χ0v) is 14.9. The minimum atomic E-state index is 0.0540. The Morgan fingerprint density at radius 3 is 2.54 bits per heavy atom. The summed E-state index contributed by atoms with van der Waals surface area (Å²) < 4.78 is 6.07. The molecule has 132 valence electrons. The van der Waals surface area contributed by atoms with Crippen molar-refractivity contribution in [3.63, 3.8) is 0 Å². The van der Waals surface area contributed by atoms with E-state index in [-0.39, 0.29) is 18.1 Å². The van der Waals surface area contributed by atoms with Crippen molar-refractivity contribution in [2.75, 3.05) is 19.6 Å². The third-order valence-electron chi connectivity index (χ3n) is 5.26. The maximum Gasteiger partial charge on any atom is 0.234 e. The van der Waals surface area contributed by atoms with Crippen molar-refractivity contribution in [3.05, 3.63) is 35.9 Å². The van der Waals surface area contributed by atoms with Gasteiger partial charge in [0.25, 0.3) is 0 Å². The van der Waals surface area contributed by atoms with Gasteiger partial charge in [-0.15, -0.1) is 0 Å². The van der Waals surface area contributed by atoms with E-state index in [0.29, 0.717) is 12.6 Å². The molecule has 0 spiro atoms. The maximum absolute atomic E-state index is 12.4. The molecule has 1 heterocycles. The van der Waals surface area contributed by atoms with Crippen molar-refractivity contribution in [1.82, 2.24) is 10.2 Å². The standard InChI is InChI=1S/C20H30N2O2/c1-15-8-10-18(11-9-15)21-20(23)14-22-12-16(2)24-19(13-22)17-6-4-3-5-7-17/h3-7,15-16,18-19H,8-14H2,1-2H3,(H,21,23)/t15?,16-,18?,19+/m0/s1. The second-order valence-corrected chi connectivity index (χ2v) is 7.56. The predicted octanol–water partition coefficient (Wildman–Crippen LogP) is 3.14. The highest BCUT2D eigenvalue weighted by molar-refractivity contribution is 5.78. The van der Waals surface area contributed by atoms with Crippen molar-refractivity contribution >= 4 is 5.91 Å². The summed E-state index contributed by atoms with van der Waals surface area (Å²) in [6, 6.07) is 10.7. The average Bonchev–Trinajstić information content (AvgIpc) is 2.57. The quantitative estimate of drug-likeness (QED) is 0.922. The number of ether oxygens (including phenoxy) is 1. The first-order valence-electron chi connectivity index (χ1n) is 9.32. The van der Waals surface area contributed by atoms with E-state index in [9.17, 15) is 4.79 Å². The van der Waals surface area contributed by atoms with E-state index < -0.39 is 0 Å². The summed E-state index contributed by atoms with van der Waals surface area (Å²) in [6.07, 6.45) is 4.91. The van der Waals surface area contributed by atoms with E-state index in [2.05, 4.69) is 36.2 Å². The van der Waals surface area contributed by atoms with Gasteiger partial charge in [0, 0.05) is 19.1 Å². The number of nitrogens with one attached hydrogen (secondary N) is 1. The molecule has 1 amide bonds. The van der Waals surface area contributed by atoms with E-state index in [1.807, 2.05) is 18.2 Å². The van der Waals surface area contributed by atoms with Gasteiger partial charge in [0.05, 0.1) is 18.8 Å². The lowest BCUT2D eigenvalue weighted by atomic mass is 9.87. The van der Waals surface area contributed by atoms with Crippen molar-refractivity contribution in [3.8, 4) is 0 Å². The number of carbonyl (C=O) groups is 1. The van der Waals surface area contributed by atoms with Gasteiger partial charge in [-0.05, 0) is 44.1 Å². The number of nitrogens with zero attached hydrogens (tertiary/aromatic N) is 1. The van der Waals surface area contributed by atoms with Crippen molar-refractivity contribution in [1.29, 1.82) is 0 Å². The molecule has 1 saturated carbocycles. The minimum absolute atomic E-state index is 0.0540. The Kier molecular flexibility index (Phi) is 5.90. The van der Waals surface area contributed by atoms with Crippen LogP contribution in [0.25, 0.3) is 0 Å². The van der Waals surface area contributed by atoms with Gasteiger partial charge in [0.15, 0.2) is 0 Å². The molecule has 0 bridgehead atoms. The van der Waals surface area contributed by atoms with Gasteiger partial charge in [0.2, 0.25) is 5.91 Å². The number of morpholine rings is 1. The summed E-state index contributed by atoms with van der Waals surface area (Å²) in [5.41, 5.74) is 1.19. The smallest absolute Gasteiger partial charge is 0.234 e. The van der Waals surface area contributed by atoms with Crippen LogP contribution in [-0.4, -0.2) is 42.6 Å². The first-order valence-corrected chi connectivity index (χ1v) is 9.32. The molecule has 2 fully saturated rings. The number of benzene rings is 1. The largest absolute Gasteiger partial charge is 0.368 e. The maximum atomic E-state index is 12.4. The van der Waals surface area contributed by atoms with Gasteiger partial charge in [-0.25, -0.2) is 0 Å². The van der Waals surface area contributed by atoms with E-state index >= 15 is 0 Å². The van der Waals surface area contributed by atoms with E-state index in [0.717, 1.165) is 31.8 Å². The molecule has 1 saturated heterocycles. The van der Waals surface area contributed by atoms with E-state index in [1.165, 1.54) is 18.4 Å². The topological polar surface area (TPSA) is 41.6 Å². The van der Waals surface area contributed by atoms with Crippen molar-refractivity contribution < 1.29 is 9.53 Å². The Morgan fingerprint density at radius 1 is 1.12 bits per heavy atom. The molecule has 1 aliphatic carbocycles. The van der Waals surface area contributed by atoms with Gasteiger partial charge in [0.1, 0.15) is 0 Å². The Labute approximate surface area is 145 Å². The third-order valence-corrected chi connectivity index (χ3v) is 5.26. The molecule has 0 aromatic heterocycles. The highest BCUT2D eigenvalue weighted by Crippen LogP contribution is 2.25. The molecule has 4 heteroatoms. The molecule has 1 N–H and O–H groups in total. The summed E-state index contributed by atoms with van der Waals surface area (Å²) in [5, 5.41) is 3.23. The van der Waals surface area contributed by atoms with E-state index in [4.69, 9.17) is 4.74 Å². The summed E-state index contributed by atoms with van der Waals surface area (Å²) in [5.74, 6) is 0.973. The monoisotopic (exact) mass is 330 g/mol. The van der Waals surface area contributed by atoms with Crippen molar-refractivity contribution in [2.45, 2.75) is 57.8 Å². The molecule has 0 unspecified atom stereocenters. The van der Waals surface area contributed by atoms with Crippen LogP contribution in [0, 0.1) is 5.92 Å². The Bertz CT molecular complexity index is 526. The van der Waals surface area contributed by atoms with Gasteiger partial charge >= 0.3 is 0 Å². The lowest BCUT2D eigenvalue weighted by Crippen LogP contribution is -2.49. The lowest BCUT2D eigenvalue weighted by Gasteiger charge is -2.37. The average molecular weight is 330 g/mol. The van der Waals surface area contributed by atoms with Crippen LogP contribution in [0.2, 0.25) is 0 Å². The summed E-state index contributed by atoms with van der Waals surface area (Å²) in [7, 11) is 0. The zero-order chi connectivity index (χ0) is 16.9. The first-order chi connectivity index (χ1) is 11.6. The van der Waals surface area contributed by atoms with Crippen LogP contribution in [-0.2, 0) is 9.53 Å². The van der Waals surface area contributed by atoms with Gasteiger partial charge in [-0.2, -0.15) is 0 Å². The number of rotatable bonds is 4. The highest BCUT2D eigenvalue weighted by Gasteiger charge is 2.28. The second-order valence-electron chi connectivity index (χ2n) is 7.56. The fraction of sp³-hybridized carbons (Fsp3) is 0.650. The summed E-state index contributed by atoms with van der Waals surface area (Å²) >= 11 is 0. The van der Waals surface area contributed by atoms with Crippen LogP contribution in [0.15, 0.2) is 30.3 Å². The predicted molar refractivity (Wildman–Crippen MR) is 95.7 cm³/mol. The molecule has 0 radical (unpaired) electrons. The summed E-state index contributed by atoms with van der Waals surface area (Å²) in [6.45, 7) is 6.46. The number of hydrogen-bond acceptors (Lipinski definition) is 3. The lowest BCUT2D eigenvalue weighted by molar-refractivity contribution is -0.127. The second kappa shape index (κ2) is 8.13. The molecule has 4 nitrogen and oxygen atoms in total. The molecule has 1 aromatic carbocycles. The van der Waals surface area contributed by atoms with Gasteiger partial charge in [-0.3, -0.25) is 9.69 Å². The molecular formula is C20H30N2O2. The molecule has 1 aliphatic heterocycles. The van der Waals surface area contributed by atoms with Crippen LogP contribution in [0.5, 0.6) is 0 Å². The Balaban J connectivity index is 1.51. The van der Waals surface area contributed by atoms with Crippen LogP contribution in [0.3, 0.4) is 0 Å². The Morgan fingerprint density at radius 2 is 1.83 bits per heavy atom. The first kappa shape index (κ1) is 17.4. The van der Waals surface area contributed by atoms with Crippen LogP contribution >= 0.6 is 0 Å². The number of amides is 1. The fourth-order valence-electron chi connectivity index (χ4n) is 3.90. The number of carbonyl (C=O) groups excluding carboxylic acids is 1. The SMILES string of the molecule is CC1CCC(NC(=O)CN2C[C@H](C)O[C@@H](c3ccccc3)C2)CC1. The molecular weight excluding hydrogens is 300 g/mol. The number of hydrogen-bond donors (Lipinski definition) is 1. The van der Waals surface area contributed by atoms with E-state index in [1.54, 1.807) is 0 Å². The molecule has 2 aliphatic rings. The van der Waals surface area contributed by atoms with Gasteiger partial charge in [-0.1, -0.05) is 37.3 Å². The fourth-order valence-corrected chi connectivity index (χ4v) is 3.90. The normalized spacial score (nSPS) is 31.6.